The van der Waals surface area contributed by atoms with Crippen LogP contribution in [0.25, 0.3) is 0 Å². The van der Waals surface area contributed by atoms with Crippen molar-refractivity contribution >= 4 is 5.91 Å². The standard InChI is InChI=1S/C18H25FN2O2/c19-15-7-5-14(6-8-15)9-10-20-18(22)13-21-11-12-23-17-4-2-1-3-16(17)21/h5-8,16-17H,1-4,9-13H2,(H,20,22). The molecule has 1 saturated carbocycles. The van der Waals surface area contributed by atoms with Gasteiger partial charge in [0.25, 0.3) is 0 Å². The Morgan fingerprint density at radius 1 is 1.26 bits per heavy atom. The van der Waals surface area contributed by atoms with Crippen molar-refractivity contribution in [1.82, 2.24) is 10.2 Å². The van der Waals surface area contributed by atoms with Crippen LogP contribution in [0, 0.1) is 5.82 Å². The second-order valence-electron chi connectivity index (χ2n) is 6.46. The maximum atomic E-state index is 12.8. The van der Waals surface area contributed by atoms with E-state index < -0.39 is 0 Å². The lowest BCUT2D eigenvalue weighted by atomic mass is 9.90. The Balaban J connectivity index is 1.42. The number of halogens is 1. The lowest BCUT2D eigenvalue weighted by Gasteiger charge is -2.43. The highest BCUT2D eigenvalue weighted by atomic mass is 19.1. The van der Waals surface area contributed by atoms with Gasteiger partial charge in [-0.1, -0.05) is 25.0 Å². The van der Waals surface area contributed by atoms with Crippen molar-refractivity contribution in [3.63, 3.8) is 0 Å². The summed E-state index contributed by atoms with van der Waals surface area (Å²) in [6, 6.07) is 6.83. The van der Waals surface area contributed by atoms with Gasteiger partial charge in [-0.05, 0) is 37.0 Å². The number of nitrogens with zero attached hydrogens (tertiary/aromatic N) is 1. The van der Waals surface area contributed by atoms with Crippen LogP contribution >= 0.6 is 0 Å². The highest BCUT2D eigenvalue weighted by molar-refractivity contribution is 5.78. The van der Waals surface area contributed by atoms with Gasteiger partial charge in [-0.15, -0.1) is 0 Å². The van der Waals surface area contributed by atoms with Gasteiger partial charge in [0.15, 0.2) is 0 Å². The lowest BCUT2D eigenvalue weighted by Crippen LogP contribution is -2.55. The smallest absolute Gasteiger partial charge is 0.234 e. The van der Waals surface area contributed by atoms with E-state index in [1.807, 2.05) is 0 Å². The molecule has 0 bridgehead atoms. The minimum Gasteiger partial charge on any atom is -0.375 e. The zero-order valence-electron chi connectivity index (χ0n) is 13.5. The number of ether oxygens (including phenoxy) is 1. The third-order valence-corrected chi connectivity index (χ3v) is 4.84. The summed E-state index contributed by atoms with van der Waals surface area (Å²) in [6.45, 7) is 2.60. The van der Waals surface area contributed by atoms with Crippen molar-refractivity contribution in [3.05, 3.63) is 35.6 Å². The quantitative estimate of drug-likeness (QED) is 0.904. The second-order valence-corrected chi connectivity index (χ2v) is 6.46. The molecular weight excluding hydrogens is 295 g/mol. The molecule has 0 radical (unpaired) electrons. The van der Waals surface area contributed by atoms with Crippen LogP contribution in [0.4, 0.5) is 4.39 Å². The van der Waals surface area contributed by atoms with Crippen LogP contribution in [0.5, 0.6) is 0 Å². The molecule has 1 N–H and O–H groups in total. The van der Waals surface area contributed by atoms with Crippen LogP contribution in [0.3, 0.4) is 0 Å². The number of carbonyl (C=O) groups excluding carboxylic acids is 1. The van der Waals surface area contributed by atoms with Gasteiger partial charge in [0.2, 0.25) is 5.91 Å². The highest BCUT2D eigenvalue weighted by Crippen LogP contribution is 2.28. The molecule has 5 heteroatoms. The van der Waals surface area contributed by atoms with Gasteiger partial charge >= 0.3 is 0 Å². The summed E-state index contributed by atoms with van der Waals surface area (Å²) in [7, 11) is 0. The zero-order chi connectivity index (χ0) is 16.1. The van der Waals surface area contributed by atoms with E-state index in [-0.39, 0.29) is 11.7 Å². The van der Waals surface area contributed by atoms with Crippen LogP contribution < -0.4 is 5.32 Å². The number of nitrogens with one attached hydrogen (secondary N) is 1. The molecule has 1 aliphatic carbocycles. The Morgan fingerprint density at radius 3 is 2.87 bits per heavy atom. The monoisotopic (exact) mass is 320 g/mol. The molecule has 1 heterocycles. The summed E-state index contributed by atoms with van der Waals surface area (Å²) >= 11 is 0. The van der Waals surface area contributed by atoms with E-state index in [4.69, 9.17) is 4.74 Å². The molecule has 23 heavy (non-hydrogen) atoms. The minimum absolute atomic E-state index is 0.0679. The molecule has 1 amide bonds. The maximum absolute atomic E-state index is 12.8. The fraction of sp³-hybridized carbons (Fsp3) is 0.611. The number of fused-ring (bicyclic) bond motifs is 1. The number of hydrogen-bond donors (Lipinski definition) is 1. The van der Waals surface area contributed by atoms with Gasteiger partial charge in [-0.25, -0.2) is 4.39 Å². The van der Waals surface area contributed by atoms with E-state index in [1.165, 1.54) is 25.0 Å². The van der Waals surface area contributed by atoms with E-state index in [2.05, 4.69) is 10.2 Å². The number of hydrogen-bond acceptors (Lipinski definition) is 3. The van der Waals surface area contributed by atoms with Crippen molar-refractivity contribution in [2.24, 2.45) is 0 Å². The third-order valence-electron chi connectivity index (χ3n) is 4.84. The minimum atomic E-state index is -0.230. The predicted octanol–water partition coefficient (Wildman–Crippen LogP) is 2.13. The normalized spacial score (nSPS) is 24.9. The molecule has 3 rings (SSSR count). The van der Waals surface area contributed by atoms with Crippen molar-refractivity contribution in [2.75, 3.05) is 26.2 Å². The largest absolute Gasteiger partial charge is 0.375 e. The molecule has 2 atom stereocenters. The van der Waals surface area contributed by atoms with Crippen molar-refractivity contribution < 1.29 is 13.9 Å². The van der Waals surface area contributed by atoms with Crippen LogP contribution in [0.2, 0.25) is 0 Å². The number of benzene rings is 1. The van der Waals surface area contributed by atoms with Gasteiger partial charge in [0.1, 0.15) is 5.82 Å². The summed E-state index contributed by atoms with van der Waals surface area (Å²) in [5.74, 6) is -0.162. The van der Waals surface area contributed by atoms with E-state index in [1.54, 1.807) is 12.1 Å². The second kappa shape index (κ2) is 7.88. The molecule has 2 aliphatic rings. The molecule has 0 aromatic heterocycles. The van der Waals surface area contributed by atoms with Crippen LogP contribution in [0.1, 0.15) is 31.2 Å². The van der Waals surface area contributed by atoms with Crippen LogP contribution in [0.15, 0.2) is 24.3 Å². The van der Waals surface area contributed by atoms with Crippen molar-refractivity contribution in [2.45, 2.75) is 44.2 Å². The van der Waals surface area contributed by atoms with Crippen LogP contribution in [-0.2, 0) is 16.0 Å². The topological polar surface area (TPSA) is 41.6 Å². The van der Waals surface area contributed by atoms with E-state index >= 15 is 0 Å². The highest BCUT2D eigenvalue weighted by Gasteiger charge is 2.34. The third kappa shape index (κ3) is 4.52. The lowest BCUT2D eigenvalue weighted by molar-refractivity contribution is -0.129. The Kier molecular flexibility index (Phi) is 5.62. The average Bonchev–Trinajstić information content (AvgIpc) is 2.57. The summed E-state index contributed by atoms with van der Waals surface area (Å²) in [6.07, 6.45) is 5.75. The summed E-state index contributed by atoms with van der Waals surface area (Å²) in [5, 5.41) is 2.97. The molecule has 4 nitrogen and oxygen atoms in total. The number of amides is 1. The number of carbonyl (C=O) groups is 1. The molecule has 2 unspecified atom stereocenters. The van der Waals surface area contributed by atoms with Gasteiger partial charge in [-0.3, -0.25) is 9.69 Å². The molecule has 1 aliphatic heterocycles. The van der Waals surface area contributed by atoms with Gasteiger partial charge in [0, 0.05) is 19.1 Å². The summed E-state index contributed by atoms with van der Waals surface area (Å²) < 4.78 is 18.7. The zero-order valence-corrected chi connectivity index (χ0v) is 13.5. The first-order valence-electron chi connectivity index (χ1n) is 8.59. The van der Waals surface area contributed by atoms with E-state index in [0.29, 0.717) is 25.2 Å². The maximum Gasteiger partial charge on any atom is 0.234 e. The first-order chi connectivity index (χ1) is 11.2. The fourth-order valence-corrected chi connectivity index (χ4v) is 3.61. The summed E-state index contributed by atoms with van der Waals surface area (Å²) in [4.78, 5) is 14.5. The first kappa shape index (κ1) is 16.4. The Labute approximate surface area is 137 Å². The number of rotatable bonds is 5. The van der Waals surface area contributed by atoms with Crippen molar-refractivity contribution in [3.8, 4) is 0 Å². The molecule has 0 spiro atoms. The SMILES string of the molecule is O=C(CN1CCOC2CCCCC21)NCCc1ccc(F)cc1. The van der Waals surface area contributed by atoms with E-state index in [9.17, 15) is 9.18 Å². The fourth-order valence-electron chi connectivity index (χ4n) is 3.61. The first-order valence-corrected chi connectivity index (χ1v) is 8.59. The molecule has 1 aromatic rings. The Morgan fingerprint density at radius 2 is 2.04 bits per heavy atom. The van der Waals surface area contributed by atoms with Crippen molar-refractivity contribution in [1.29, 1.82) is 0 Å². The average molecular weight is 320 g/mol. The van der Waals surface area contributed by atoms with Gasteiger partial charge in [0.05, 0.1) is 19.3 Å². The van der Waals surface area contributed by atoms with Gasteiger partial charge in [-0.2, -0.15) is 0 Å². The van der Waals surface area contributed by atoms with E-state index in [0.717, 1.165) is 38.0 Å². The molecule has 2 fully saturated rings. The Bertz CT molecular complexity index is 518. The molecule has 126 valence electrons. The van der Waals surface area contributed by atoms with Crippen LogP contribution in [-0.4, -0.2) is 49.2 Å². The predicted molar refractivity (Wildman–Crippen MR) is 86.7 cm³/mol. The van der Waals surface area contributed by atoms with Gasteiger partial charge < -0.3 is 10.1 Å². The number of morpholine rings is 1. The summed E-state index contributed by atoms with van der Waals surface area (Å²) in [5.41, 5.74) is 1.03. The molecule has 1 aromatic carbocycles. The molecular formula is C18H25FN2O2. The Hall–Kier alpha value is -1.46. The molecule has 1 saturated heterocycles.